The van der Waals surface area contributed by atoms with Gasteiger partial charge >= 0.3 is 5.97 Å². The number of carboxylic acids is 1. The molecular weight excluding hydrogens is 226 g/mol. The third-order valence-electron chi connectivity index (χ3n) is 4.12. The van der Waals surface area contributed by atoms with Crippen LogP contribution in [0.4, 0.5) is 5.69 Å². The number of rotatable bonds is 4. The minimum absolute atomic E-state index is 0.526. The molecule has 3 heteroatoms. The van der Waals surface area contributed by atoms with Crippen molar-refractivity contribution in [2.24, 2.45) is 5.92 Å². The molecule has 98 valence electrons. The number of aryl methyl sites for hydroxylation is 1. The van der Waals surface area contributed by atoms with Crippen LogP contribution >= 0.6 is 0 Å². The van der Waals surface area contributed by atoms with E-state index >= 15 is 0 Å². The van der Waals surface area contributed by atoms with Gasteiger partial charge in [-0.15, -0.1) is 0 Å². The monoisotopic (exact) mass is 247 g/mol. The van der Waals surface area contributed by atoms with Gasteiger partial charge < -0.3 is 10.4 Å². The van der Waals surface area contributed by atoms with Crippen LogP contribution in [0.3, 0.4) is 0 Å². The van der Waals surface area contributed by atoms with Crippen molar-refractivity contribution in [3.63, 3.8) is 0 Å². The fraction of sp³-hybridized carbons (Fsp3) is 0.533. The van der Waals surface area contributed by atoms with Crippen molar-refractivity contribution >= 4 is 11.7 Å². The van der Waals surface area contributed by atoms with Crippen LogP contribution in [0.2, 0.25) is 0 Å². The molecule has 0 saturated heterocycles. The molecule has 1 aromatic rings. The SMILES string of the molecule is CCC1CCC(Nc2ccccc2C)(C(=O)O)C1. The summed E-state index contributed by atoms with van der Waals surface area (Å²) in [5, 5.41) is 12.9. The third kappa shape index (κ3) is 2.35. The first-order valence-corrected chi connectivity index (χ1v) is 6.64. The highest BCUT2D eigenvalue weighted by Crippen LogP contribution is 2.39. The van der Waals surface area contributed by atoms with Crippen LogP contribution in [0.25, 0.3) is 0 Å². The van der Waals surface area contributed by atoms with Crippen molar-refractivity contribution in [1.82, 2.24) is 0 Å². The number of aliphatic carboxylic acids is 1. The van der Waals surface area contributed by atoms with E-state index in [4.69, 9.17) is 0 Å². The normalized spacial score (nSPS) is 27.1. The Kier molecular flexibility index (Phi) is 3.60. The van der Waals surface area contributed by atoms with Crippen molar-refractivity contribution in [1.29, 1.82) is 0 Å². The number of nitrogens with one attached hydrogen (secondary N) is 1. The van der Waals surface area contributed by atoms with E-state index in [2.05, 4.69) is 12.2 Å². The quantitative estimate of drug-likeness (QED) is 0.856. The van der Waals surface area contributed by atoms with Gasteiger partial charge in [-0.05, 0) is 43.7 Å². The summed E-state index contributed by atoms with van der Waals surface area (Å²) in [6.07, 6.45) is 3.51. The molecule has 0 bridgehead atoms. The third-order valence-corrected chi connectivity index (χ3v) is 4.12. The van der Waals surface area contributed by atoms with Gasteiger partial charge in [0.05, 0.1) is 0 Å². The fourth-order valence-corrected chi connectivity index (χ4v) is 2.83. The molecule has 0 heterocycles. The second-order valence-electron chi connectivity index (χ2n) is 5.34. The van der Waals surface area contributed by atoms with Crippen LogP contribution < -0.4 is 5.32 Å². The van der Waals surface area contributed by atoms with Gasteiger partial charge in [-0.1, -0.05) is 31.5 Å². The number of carboxylic acid groups (broad SMARTS) is 1. The molecule has 1 aliphatic carbocycles. The van der Waals surface area contributed by atoms with Crippen LogP contribution in [0.15, 0.2) is 24.3 Å². The predicted octanol–water partition coefficient (Wildman–Crippen LogP) is 3.44. The number of hydrogen-bond acceptors (Lipinski definition) is 2. The maximum atomic E-state index is 11.6. The summed E-state index contributed by atoms with van der Waals surface area (Å²) in [4.78, 5) is 11.6. The zero-order valence-electron chi connectivity index (χ0n) is 11.1. The highest BCUT2D eigenvalue weighted by atomic mass is 16.4. The van der Waals surface area contributed by atoms with Crippen LogP contribution in [0, 0.1) is 12.8 Å². The van der Waals surface area contributed by atoms with Gasteiger partial charge in [0.2, 0.25) is 0 Å². The molecule has 2 unspecified atom stereocenters. The summed E-state index contributed by atoms with van der Waals surface area (Å²) in [6.45, 7) is 4.14. The fourth-order valence-electron chi connectivity index (χ4n) is 2.83. The molecule has 2 rings (SSSR count). The zero-order chi connectivity index (χ0) is 13.2. The summed E-state index contributed by atoms with van der Waals surface area (Å²) in [5.74, 6) is -0.195. The van der Waals surface area contributed by atoms with E-state index in [1.807, 2.05) is 31.2 Å². The lowest BCUT2D eigenvalue weighted by atomic mass is 9.94. The molecule has 1 saturated carbocycles. The second-order valence-corrected chi connectivity index (χ2v) is 5.34. The molecule has 0 spiro atoms. The van der Waals surface area contributed by atoms with E-state index in [1.54, 1.807) is 0 Å². The first-order chi connectivity index (χ1) is 8.57. The van der Waals surface area contributed by atoms with Crippen LogP contribution in [0.1, 0.15) is 38.2 Å². The van der Waals surface area contributed by atoms with Gasteiger partial charge in [-0.2, -0.15) is 0 Å². The average molecular weight is 247 g/mol. The number of carbonyl (C=O) groups is 1. The summed E-state index contributed by atoms with van der Waals surface area (Å²) >= 11 is 0. The molecule has 2 atom stereocenters. The second kappa shape index (κ2) is 5.01. The van der Waals surface area contributed by atoms with Crippen molar-refractivity contribution in [2.75, 3.05) is 5.32 Å². The van der Waals surface area contributed by atoms with E-state index in [0.717, 1.165) is 36.9 Å². The van der Waals surface area contributed by atoms with Crippen LogP contribution in [-0.4, -0.2) is 16.6 Å². The van der Waals surface area contributed by atoms with E-state index < -0.39 is 11.5 Å². The Morgan fingerprint density at radius 2 is 2.22 bits per heavy atom. The van der Waals surface area contributed by atoms with Crippen molar-refractivity contribution in [2.45, 2.75) is 45.1 Å². The van der Waals surface area contributed by atoms with Gasteiger partial charge in [0.15, 0.2) is 0 Å². The maximum absolute atomic E-state index is 11.6. The van der Waals surface area contributed by atoms with E-state index in [1.165, 1.54) is 0 Å². The molecule has 18 heavy (non-hydrogen) atoms. The highest BCUT2D eigenvalue weighted by Gasteiger charge is 2.45. The Hall–Kier alpha value is -1.51. The topological polar surface area (TPSA) is 49.3 Å². The van der Waals surface area contributed by atoms with Gasteiger partial charge in [-0.3, -0.25) is 0 Å². The predicted molar refractivity (Wildman–Crippen MR) is 72.8 cm³/mol. The zero-order valence-corrected chi connectivity index (χ0v) is 11.1. The number of para-hydroxylation sites is 1. The van der Waals surface area contributed by atoms with E-state index in [0.29, 0.717) is 5.92 Å². The minimum atomic E-state index is -0.771. The first kappa shape index (κ1) is 12.9. The molecule has 1 aromatic carbocycles. The van der Waals surface area contributed by atoms with E-state index in [-0.39, 0.29) is 0 Å². The average Bonchev–Trinajstić information content (AvgIpc) is 2.77. The lowest BCUT2D eigenvalue weighted by Crippen LogP contribution is -2.44. The van der Waals surface area contributed by atoms with Gasteiger partial charge in [0, 0.05) is 5.69 Å². The molecule has 3 nitrogen and oxygen atoms in total. The van der Waals surface area contributed by atoms with Crippen LogP contribution in [-0.2, 0) is 4.79 Å². The number of anilines is 1. The molecule has 0 radical (unpaired) electrons. The standard InChI is InChI=1S/C15H21NO2/c1-3-12-8-9-15(10-12,14(17)18)16-13-7-5-4-6-11(13)2/h4-7,12,16H,3,8-10H2,1-2H3,(H,17,18). The Labute approximate surface area is 108 Å². The summed E-state index contributed by atoms with van der Waals surface area (Å²) in [6, 6.07) is 7.87. The maximum Gasteiger partial charge on any atom is 0.329 e. The molecule has 1 aliphatic rings. The molecule has 1 fully saturated rings. The molecular formula is C15H21NO2. The van der Waals surface area contributed by atoms with Crippen molar-refractivity contribution < 1.29 is 9.90 Å². The minimum Gasteiger partial charge on any atom is -0.480 e. The van der Waals surface area contributed by atoms with Gasteiger partial charge in [0.1, 0.15) is 5.54 Å². The number of benzene rings is 1. The molecule has 2 N–H and O–H groups in total. The molecule has 0 aromatic heterocycles. The van der Waals surface area contributed by atoms with Gasteiger partial charge in [-0.25, -0.2) is 4.79 Å². The van der Waals surface area contributed by atoms with E-state index in [9.17, 15) is 9.90 Å². The Morgan fingerprint density at radius 1 is 1.50 bits per heavy atom. The van der Waals surface area contributed by atoms with Crippen molar-refractivity contribution in [3.05, 3.63) is 29.8 Å². The van der Waals surface area contributed by atoms with Gasteiger partial charge in [0.25, 0.3) is 0 Å². The number of hydrogen-bond donors (Lipinski definition) is 2. The molecule has 0 amide bonds. The van der Waals surface area contributed by atoms with Crippen LogP contribution in [0.5, 0.6) is 0 Å². The lowest BCUT2D eigenvalue weighted by Gasteiger charge is -2.28. The Morgan fingerprint density at radius 3 is 2.78 bits per heavy atom. The summed E-state index contributed by atoms with van der Waals surface area (Å²) in [7, 11) is 0. The lowest BCUT2D eigenvalue weighted by molar-refractivity contribution is -0.142. The summed E-state index contributed by atoms with van der Waals surface area (Å²) < 4.78 is 0. The smallest absolute Gasteiger partial charge is 0.329 e. The highest BCUT2D eigenvalue weighted by molar-refractivity contribution is 5.83. The Balaban J connectivity index is 2.23. The summed E-state index contributed by atoms with van der Waals surface area (Å²) in [5.41, 5.74) is 1.27. The first-order valence-electron chi connectivity index (χ1n) is 6.64. The van der Waals surface area contributed by atoms with Crippen molar-refractivity contribution in [3.8, 4) is 0 Å². The molecule has 0 aliphatic heterocycles. The largest absolute Gasteiger partial charge is 0.480 e. The Bertz CT molecular complexity index is 444.